The van der Waals surface area contributed by atoms with E-state index in [0.717, 1.165) is 11.1 Å². The summed E-state index contributed by atoms with van der Waals surface area (Å²) in [6.45, 7) is 1.98. The summed E-state index contributed by atoms with van der Waals surface area (Å²) in [5.41, 5.74) is 2.72. The van der Waals surface area contributed by atoms with Crippen molar-refractivity contribution >= 4 is 5.97 Å². The van der Waals surface area contributed by atoms with Crippen LogP contribution in [0.3, 0.4) is 0 Å². The molecule has 0 saturated carbocycles. The average Bonchev–Trinajstić information content (AvgIpc) is 2.53. The Bertz CT molecular complexity index is 664. The Labute approximate surface area is 130 Å². The van der Waals surface area contributed by atoms with Crippen molar-refractivity contribution in [3.05, 3.63) is 59.2 Å². The molecule has 0 spiro atoms. The van der Waals surface area contributed by atoms with E-state index in [9.17, 15) is 9.90 Å². The highest BCUT2D eigenvalue weighted by Gasteiger charge is 2.25. The second kappa shape index (κ2) is 6.98. The van der Waals surface area contributed by atoms with Crippen LogP contribution in [0.2, 0.25) is 0 Å². The lowest BCUT2D eigenvalue weighted by atomic mass is 9.89. The van der Waals surface area contributed by atoms with E-state index in [2.05, 4.69) is 0 Å². The summed E-state index contributed by atoms with van der Waals surface area (Å²) in [5.74, 6) is -0.394. The van der Waals surface area contributed by atoms with Crippen LogP contribution in [0.25, 0.3) is 0 Å². The van der Waals surface area contributed by atoms with Gasteiger partial charge in [-0.25, -0.2) is 0 Å². The van der Waals surface area contributed by atoms with Crippen LogP contribution < -0.4 is 9.47 Å². The van der Waals surface area contributed by atoms with Gasteiger partial charge in [0.25, 0.3) is 0 Å². The Morgan fingerprint density at radius 1 is 1.14 bits per heavy atom. The van der Waals surface area contributed by atoms with Crippen molar-refractivity contribution in [3.8, 4) is 11.5 Å². The number of methoxy groups -OCH3 is 2. The Balaban J connectivity index is 2.44. The van der Waals surface area contributed by atoms with E-state index >= 15 is 0 Å². The smallest absolute Gasteiger partial charge is 0.311 e. The van der Waals surface area contributed by atoms with Crippen molar-refractivity contribution in [1.82, 2.24) is 0 Å². The largest absolute Gasteiger partial charge is 0.497 e. The van der Waals surface area contributed by atoms with Crippen LogP contribution in [0.5, 0.6) is 11.5 Å². The first kappa shape index (κ1) is 15.9. The SMILES string of the molecule is COc1ccc(OC)c(C(Cc2ccccc2C)C(=O)O)c1. The molecule has 0 amide bonds. The maximum Gasteiger partial charge on any atom is 0.311 e. The van der Waals surface area contributed by atoms with Crippen LogP contribution >= 0.6 is 0 Å². The van der Waals surface area contributed by atoms with E-state index in [0.29, 0.717) is 23.5 Å². The molecule has 0 saturated heterocycles. The first-order chi connectivity index (χ1) is 10.6. The summed E-state index contributed by atoms with van der Waals surface area (Å²) in [7, 11) is 3.10. The van der Waals surface area contributed by atoms with Gasteiger partial charge in [-0.2, -0.15) is 0 Å². The van der Waals surface area contributed by atoms with Crippen LogP contribution in [0.4, 0.5) is 0 Å². The lowest BCUT2D eigenvalue weighted by molar-refractivity contribution is -0.138. The molecule has 0 aromatic heterocycles. The molecule has 0 bridgehead atoms. The van der Waals surface area contributed by atoms with Crippen LogP contribution in [-0.2, 0) is 11.2 Å². The van der Waals surface area contributed by atoms with E-state index < -0.39 is 11.9 Å². The molecular formula is C18H20O4. The maximum absolute atomic E-state index is 11.8. The van der Waals surface area contributed by atoms with Crippen molar-refractivity contribution in [2.75, 3.05) is 14.2 Å². The third kappa shape index (κ3) is 3.39. The summed E-state index contributed by atoms with van der Waals surface area (Å²) in [6, 6.07) is 13.0. The maximum atomic E-state index is 11.8. The molecule has 22 heavy (non-hydrogen) atoms. The fourth-order valence-corrected chi connectivity index (χ4v) is 2.50. The molecule has 116 valence electrons. The van der Waals surface area contributed by atoms with Crippen molar-refractivity contribution in [1.29, 1.82) is 0 Å². The number of ether oxygens (including phenoxy) is 2. The number of aryl methyl sites for hydroxylation is 1. The van der Waals surface area contributed by atoms with Crippen LogP contribution in [0.1, 0.15) is 22.6 Å². The van der Waals surface area contributed by atoms with E-state index in [4.69, 9.17) is 9.47 Å². The molecule has 2 aromatic rings. The van der Waals surface area contributed by atoms with E-state index in [1.54, 1.807) is 25.3 Å². The molecular weight excluding hydrogens is 280 g/mol. The van der Waals surface area contributed by atoms with Gasteiger partial charge in [-0.05, 0) is 42.7 Å². The predicted molar refractivity (Wildman–Crippen MR) is 84.8 cm³/mol. The minimum absolute atomic E-state index is 0.408. The van der Waals surface area contributed by atoms with Gasteiger partial charge in [0, 0.05) is 5.56 Å². The molecule has 1 unspecified atom stereocenters. The highest BCUT2D eigenvalue weighted by Crippen LogP contribution is 2.33. The minimum atomic E-state index is -0.880. The second-order valence-corrected chi connectivity index (χ2v) is 5.13. The van der Waals surface area contributed by atoms with Crippen LogP contribution in [0, 0.1) is 6.92 Å². The zero-order valence-electron chi connectivity index (χ0n) is 13.0. The lowest BCUT2D eigenvalue weighted by Crippen LogP contribution is -2.16. The van der Waals surface area contributed by atoms with Gasteiger partial charge in [0.2, 0.25) is 0 Å². The number of benzene rings is 2. The van der Waals surface area contributed by atoms with E-state index in [-0.39, 0.29) is 0 Å². The van der Waals surface area contributed by atoms with Gasteiger partial charge >= 0.3 is 5.97 Å². The van der Waals surface area contributed by atoms with Gasteiger partial charge in [-0.1, -0.05) is 24.3 Å². The zero-order chi connectivity index (χ0) is 16.1. The third-order valence-corrected chi connectivity index (χ3v) is 3.80. The molecule has 0 aliphatic heterocycles. The molecule has 0 radical (unpaired) electrons. The first-order valence-electron chi connectivity index (χ1n) is 7.06. The number of carboxylic acids is 1. The van der Waals surface area contributed by atoms with Crippen molar-refractivity contribution in [2.24, 2.45) is 0 Å². The molecule has 0 aliphatic carbocycles. The van der Waals surface area contributed by atoms with Gasteiger partial charge in [0.15, 0.2) is 0 Å². The third-order valence-electron chi connectivity index (χ3n) is 3.80. The van der Waals surface area contributed by atoms with Crippen molar-refractivity contribution in [3.63, 3.8) is 0 Å². The Morgan fingerprint density at radius 3 is 2.45 bits per heavy atom. The van der Waals surface area contributed by atoms with E-state index in [1.807, 2.05) is 31.2 Å². The zero-order valence-corrected chi connectivity index (χ0v) is 13.0. The summed E-state index contributed by atoms with van der Waals surface area (Å²) < 4.78 is 10.5. The first-order valence-corrected chi connectivity index (χ1v) is 7.06. The highest BCUT2D eigenvalue weighted by molar-refractivity contribution is 5.78. The Kier molecular flexibility index (Phi) is 5.04. The quantitative estimate of drug-likeness (QED) is 0.888. The van der Waals surface area contributed by atoms with Crippen molar-refractivity contribution < 1.29 is 19.4 Å². The fraction of sp³-hybridized carbons (Fsp3) is 0.278. The van der Waals surface area contributed by atoms with Crippen LogP contribution in [-0.4, -0.2) is 25.3 Å². The molecule has 4 heteroatoms. The van der Waals surface area contributed by atoms with Gasteiger partial charge in [0.05, 0.1) is 20.1 Å². The number of hydrogen-bond donors (Lipinski definition) is 1. The fourth-order valence-electron chi connectivity index (χ4n) is 2.50. The summed E-state index contributed by atoms with van der Waals surface area (Å²) in [5, 5.41) is 9.67. The Morgan fingerprint density at radius 2 is 1.86 bits per heavy atom. The van der Waals surface area contributed by atoms with Gasteiger partial charge in [0.1, 0.15) is 11.5 Å². The Hall–Kier alpha value is -2.49. The normalized spacial score (nSPS) is 11.8. The topological polar surface area (TPSA) is 55.8 Å². The summed E-state index contributed by atoms with van der Waals surface area (Å²) >= 11 is 0. The molecule has 4 nitrogen and oxygen atoms in total. The highest BCUT2D eigenvalue weighted by atomic mass is 16.5. The van der Waals surface area contributed by atoms with Crippen molar-refractivity contribution in [2.45, 2.75) is 19.3 Å². The molecule has 0 aliphatic rings. The molecule has 2 aromatic carbocycles. The number of hydrogen-bond acceptors (Lipinski definition) is 3. The molecule has 0 fully saturated rings. The minimum Gasteiger partial charge on any atom is -0.497 e. The number of aliphatic carboxylic acids is 1. The van der Waals surface area contributed by atoms with E-state index in [1.165, 1.54) is 7.11 Å². The summed E-state index contributed by atoms with van der Waals surface area (Å²) in [6.07, 6.45) is 0.408. The lowest BCUT2D eigenvalue weighted by Gasteiger charge is -2.18. The van der Waals surface area contributed by atoms with Gasteiger partial charge in [-0.15, -0.1) is 0 Å². The predicted octanol–water partition coefficient (Wildman–Crippen LogP) is 3.42. The molecule has 1 atom stereocenters. The standard InChI is InChI=1S/C18H20O4/c1-12-6-4-5-7-13(12)10-16(18(19)20)15-11-14(21-2)8-9-17(15)22-3/h4-9,11,16H,10H2,1-3H3,(H,19,20). The van der Waals surface area contributed by atoms with Crippen LogP contribution in [0.15, 0.2) is 42.5 Å². The molecule has 1 N–H and O–H groups in total. The second-order valence-electron chi connectivity index (χ2n) is 5.13. The summed E-state index contributed by atoms with van der Waals surface area (Å²) in [4.78, 5) is 11.8. The average molecular weight is 300 g/mol. The number of carbonyl (C=O) groups is 1. The van der Waals surface area contributed by atoms with Gasteiger partial charge in [-0.3, -0.25) is 4.79 Å². The molecule has 0 heterocycles. The van der Waals surface area contributed by atoms with Gasteiger partial charge < -0.3 is 14.6 Å². The molecule has 2 rings (SSSR count). The monoisotopic (exact) mass is 300 g/mol. The number of carboxylic acid groups (broad SMARTS) is 1. The number of rotatable bonds is 6.